The second-order valence-corrected chi connectivity index (χ2v) is 5.28. The van der Waals surface area contributed by atoms with Crippen LogP contribution in [0.4, 0.5) is 0 Å². The van der Waals surface area contributed by atoms with E-state index in [9.17, 15) is 4.79 Å². The Bertz CT molecular complexity index is 531. The van der Waals surface area contributed by atoms with Gasteiger partial charge in [-0.1, -0.05) is 13.0 Å². The van der Waals surface area contributed by atoms with Crippen molar-refractivity contribution in [2.24, 2.45) is 0 Å². The van der Waals surface area contributed by atoms with E-state index in [1.54, 1.807) is 17.5 Å². The monoisotopic (exact) mass is 260 g/mol. The molecule has 0 atom stereocenters. The maximum Gasteiger partial charge on any atom is 0.261 e. The van der Waals surface area contributed by atoms with Crippen LogP contribution in [-0.2, 0) is 13.0 Å². The number of nitrogens with one attached hydrogen (secondary N) is 1. The van der Waals surface area contributed by atoms with Crippen LogP contribution >= 0.6 is 11.3 Å². The minimum absolute atomic E-state index is 0.0136. The molecule has 0 fully saturated rings. The third-order valence-electron chi connectivity index (χ3n) is 2.66. The summed E-state index contributed by atoms with van der Waals surface area (Å²) in [6.07, 6.45) is 2.77. The number of amides is 1. The van der Waals surface area contributed by atoms with E-state index in [2.05, 4.69) is 17.2 Å². The fourth-order valence-corrected chi connectivity index (χ4v) is 2.43. The SMILES string of the molecule is CCc1ccc(C(=O)NCc2ccc(C)nc2)s1. The molecule has 0 bridgehead atoms. The van der Waals surface area contributed by atoms with E-state index < -0.39 is 0 Å². The molecule has 2 heterocycles. The number of rotatable bonds is 4. The standard InChI is InChI=1S/C14H16N2OS/c1-3-12-6-7-13(18-12)14(17)16-9-11-5-4-10(2)15-8-11/h4-8H,3,9H2,1-2H3,(H,16,17). The van der Waals surface area contributed by atoms with Crippen LogP contribution in [0.15, 0.2) is 30.5 Å². The number of aryl methyl sites for hydroxylation is 2. The molecule has 4 heteroatoms. The molecule has 0 unspecified atom stereocenters. The van der Waals surface area contributed by atoms with Crippen LogP contribution in [-0.4, -0.2) is 10.9 Å². The van der Waals surface area contributed by atoms with Gasteiger partial charge < -0.3 is 5.32 Å². The summed E-state index contributed by atoms with van der Waals surface area (Å²) < 4.78 is 0. The van der Waals surface area contributed by atoms with E-state index in [1.165, 1.54) is 4.88 Å². The van der Waals surface area contributed by atoms with Gasteiger partial charge in [0.25, 0.3) is 5.91 Å². The smallest absolute Gasteiger partial charge is 0.261 e. The van der Waals surface area contributed by atoms with Gasteiger partial charge in [0.15, 0.2) is 0 Å². The van der Waals surface area contributed by atoms with E-state index in [1.807, 2.05) is 31.2 Å². The number of thiophene rings is 1. The third kappa shape index (κ3) is 3.17. The lowest BCUT2D eigenvalue weighted by Gasteiger charge is -2.03. The van der Waals surface area contributed by atoms with Crippen LogP contribution in [0.3, 0.4) is 0 Å². The second-order valence-electron chi connectivity index (χ2n) is 4.11. The van der Waals surface area contributed by atoms with E-state index in [4.69, 9.17) is 0 Å². The summed E-state index contributed by atoms with van der Waals surface area (Å²) in [4.78, 5) is 18.1. The van der Waals surface area contributed by atoms with Gasteiger partial charge in [-0.25, -0.2) is 0 Å². The summed E-state index contributed by atoms with van der Waals surface area (Å²) in [6.45, 7) is 4.55. The van der Waals surface area contributed by atoms with Crippen LogP contribution in [0.1, 0.15) is 32.7 Å². The third-order valence-corrected chi connectivity index (χ3v) is 3.89. The van der Waals surface area contributed by atoms with Crippen LogP contribution < -0.4 is 5.32 Å². The van der Waals surface area contributed by atoms with Gasteiger partial charge in [-0.2, -0.15) is 0 Å². The van der Waals surface area contributed by atoms with Crippen molar-refractivity contribution in [1.82, 2.24) is 10.3 Å². The zero-order valence-corrected chi connectivity index (χ0v) is 11.4. The highest BCUT2D eigenvalue weighted by molar-refractivity contribution is 7.14. The molecule has 1 amide bonds. The lowest BCUT2D eigenvalue weighted by molar-refractivity contribution is 0.0955. The largest absolute Gasteiger partial charge is 0.347 e. The van der Waals surface area contributed by atoms with E-state index in [-0.39, 0.29) is 5.91 Å². The van der Waals surface area contributed by atoms with Crippen molar-refractivity contribution in [3.05, 3.63) is 51.5 Å². The minimum atomic E-state index is -0.0136. The van der Waals surface area contributed by atoms with Crippen molar-refractivity contribution in [3.8, 4) is 0 Å². The highest BCUT2D eigenvalue weighted by Crippen LogP contribution is 2.16. The molecule has 0 spiro atoms. The second kappa shape index (κ2) is 5.78. The van der Waals surface area contributed by atoms with Crippen molar-refractivity contribution in [2.75, 3.05) is 0 Å². The van der Waals surface area contributed by atoms with Crippen molar-refractivity contribution in [1.29, 1.82) is 0 Å². The number of hydrogen-bond donors (Lipinski definition) is 1. The fraction of sp³-hybridized carbons (Fsp3) is 0.286. The topological polar surface area (TPSA) is 42.0 Å². The lowest BCUT2D eigenvalue weighted by atomic mass is 10.2. The highest BCUT2D eigenvalue weighted by atomic mass is 32.1. The molecule has 94 valence electrons. The Labute approximate surface area is 111 Å². The average Bonchev–Trinajstić information content (AvgIpc) is 2.86. The average molecular weight is 260 g/mol. The summed E-state index contributed by atoms with van der Waals surface area (Å²) in [5.41, 5.74) is 2.00. The number of carbonyl (C=O) groups excluding carboxylic acids is 1. The van der Waals surface area contributed by atoms with Crippen molar-refractivity contribution >= 4 is 17.2 Å². The predicted molar refractivity (Wildman–Crippen MR) is 73.8 cm³/mol. The van der Waals surface area contributed by atoms with Crippen LogP contribution in [0, 0.1) is 6.92 Å². The molecular weight excluding hydrogens is 244 g/mol. The maximum atomic E-state index is 11.9. The Hall–Kier alpha value is -1.68. The zero-order chi connectivity index (χ0) is 13.0. The van der Waals surface area contributed by atoms with E-state index in [0.29, 0.717) is 6.54 Å². The maximum absolute atomic E-state index is 11.9. The molecule has 0 aromatic carbocycles. The molecule has 0 aliphatic carbocycles. The number of pyridine rings is 1. The van der Waals surface area contributed by atoms with Crippen molar-refractivity contribution in [2.45, 2.75) is 26.8 Å². The Balaban J connectivity index is 1.93. The van der Waals surface area contributed by atoms with Crippen molar-refractivity contribution in [3.63, 3.8) is 0 Å². The molecule has 18 heavy (non-hydrogen) atoms. The summed E-state index contributed by atoms with van der Waals surface area (Å²) in [5, 5.41) is 2.90. The predicted octanol–water partition coefficient (Wildman–Crippen LogP) is 2.94. The molecule has 0 aliphatic rings. The Morgan fingerprint density at radius 2 is 2.17 bits per heavy atom. The van der Waals surface area contributed by atoms with Gasteiger partial charge in [-0.15, -0.1) is 11.3 Å². The Kier molecular flexibility index (Phi) is 4.10. The minimum Gasteiger partial charge on any atom is -0.347 e. The summed E-state index contributed by atoms with van der Waals surface area (Å²) >= 11 is 1.55. The van der Waals surface area contributed by atoms with E-state index in [0.717, 1.165) is 22.6 Å². The van der Waals surface area contributed by atoms with Gasteiger partial charge in [0.2, 0.25) is 0 Å². The molecule has 0 saturated heterocycles. The molecule has 0 saturated carbocycles. The molecule has 2 aromatic heterocycles. The molecule has 3 nitrogen and oxygen atoms in total. The Morgan fingerprint density at radius 3 is 2.78 bits per heavy atom. The fourth-order valence-electron chi connectivity index (χ4n) is 1.56. The highest BCUT2D eigenvalue weighted by Gasteiger charge is 2.08. The van der Waals surface area contributed by atoms with Crippen molar-refractivity contribution < 1.29 is 4.79 Å². The van der Waals surface area contributed by atoms with Gasteiger partial charge >= 0.3 is 0 Å². The molecule has 0 aliphatic heterocycles. The zero-order valence-electron chi connectivity index (χ0n) is 10.6. The van der Waals surface area contributed by atoms with Gasteiger partial charge in [0.1, 0.15) is 0 Å². The lowest BCUT2D eigenvalue weighted by Crippen LogP contribution is -2.21. The molecule has 1 N–H and O–H groups in total. The van der Waals surface area contributed by atoms with Crippen LogP contribution in [0.25, 0.3) is 0 Å². The Morgan fingerprint density at radius 1 is 1.33 bits per heavy atom. The number of aromatic nitrogens is 1. The summed E-state index contributed by atoms with van der Waals surface area (Å²) in [6, 6.07) is 7.82. The van der Waals surface area contributed by atoms with Gasteiger partial charge in [0.05, 0.1) is 4.88 Å². The molecule has 0 radical (unpaired) electrons. The molecule has 2 rings (SSSR count). The summed E-state index contributed by atoms with van der Waals surface area (Å²) in [5.74, 6) is -0.0136. The van der Waals surface area contributed by atoms with Crippen LogP contribution in [0.5, 0.6) is 0 Å². The molecular formula is C14H16N2OS. The van der Waals surface area contributed by atoms with E-state index >= 15 is 0 Å². The first kappa shape index (κ1) is 12.8. The number of nitrogens with zero attached hydrogens (tertiary/aromatic N) is 1. The summed E-state index contributed by atoms with van der Waals surface area (Å²) in [7, 11) is 0. The number of carbonyl (C=O) groups is 1. The van der Waals surface area contributed by atoms with Gasteiger partial charge in [0, 0.05) is 23.3 Å². The molecule has 2 aromatic rings. The normalized spacial score (nSPS) is 10.3. The first-order valence-electron chi connectivity index (χ1n) is 5.97. The van der Waals surface area contributed by atoms with Gasteiger partial charge in [-0.3, -0.25) is 9.78 Å². The quantitative estimate of drug-likeness (QED) is 0.918. The van der Waals surface area contributed by atoms with Gasteiger partial charge in [-0.05, 0) is 37.1 Å². The van der Waals surface area contributed by atoms with Crippen LogP contribution in [0.2, 0.25) is 0 Å². The first-order valence-corrected chi connectivity index (χ1v) is 6.79. The number of hydrogen-bond acceptors (Lipinski definition) is 3. The first-order chi connectivity index (χ1) is 8.69.